The molecule has 5 heteroatoms. The minimum absolute atomic E-state index is 0.267. The van der Waals surface area contributed by atoms with Crippen LogP contribution < -0.4 is 5.73 Å². The second-order valence-electron chi connectivity index (χ2n) is 6.63. The Hall–Kier alpha value is -1.75. The first kappa shape index (κ1) is 13.9. The molecule has 2 aliphatic carbocycles. The number of benzene rings is 1. The van der Waals surface area contributed by atoms with Gasteiger partial charge in [0.05, 0.1) is 5.56 Å². The highest BCUT2D eigenvalue weighted by atomic mass is 19.1. The molecule has 0 radical (unpaired) electrons. The molecule has 2 N–H and O–H groups in total. The predicted octanol–water partition coefficient (Wildman–Crippen LogP) is 3.50. The number of halogens is 1. The summed E-state index contributed by atoms with van der Waals surface area (Å²) in [7, 11) is 0. The average molecular weight is 301 g/mol. The van der Waals surface area contributed by atoms with Gasteiger partial charge in [0.1, 0.15) is 5.82 Å². The summed E-state index contributed by atoms with van der Waals surface area (Å²) in [5.74, 6) is 2.04. The molecule has 2 bridgehead atoms. The summed E-state index contributed by atoms with van der Waals surface area (Å²) in [6.45, 7) is 0. The van der Waals surface area contributed by atoms with Crippen molar-refractivity contribution < 1.29 is 8.91 Å². The van der Waals surface area contributed by atoms with Gasteiger partial charge in [-0.1, -0.05) is 23.7 Å². The molecular weight excluding hydrogens is 281 g/mol. The van der Waals surface area contributed by atoms with Crippen molar-refractivity contribution >= 4 is 0 Å². The van der Waals surface area contributed by atoms with Crippen molar-refractivity contribution in [3.63, 3.8) is 0 Å². The fraction of sp³-hybridized carbons (Fsp3) is 0.529. The Morgan fingerprint density at radius 2 is 1.86 bits per heavy atom. The van der Waals surface area contributed by atoms with Gasteiger partial charge in [0.2, 0.25) is 11.7 Å². The Kier molecular flexibility index (Phi) is 3.45. The van der Waals surface area contributed by atoms with Gasteiger partial charge in [0, 0.05) is 12.0 Å². The fourth-order valence-electron chi connectivity index (χ4n) is 4.14. The first-order chi connectivity index (χ1) is 10.7. The summed E-state index contributed by atoms with van der Waals surface area (Å²) in [6.07, 6.45) is 5.69. The molecule has 0 aliphatic heterocycles. The lowest BCUT2D eigenvalue weighted by Crippen LogP contribution is -2.45. The van der Waals surface area contributed by atoms with Crippen LogP contribution in [0.2, 0.25) is 0 Å². The summed E-state index contributed by atoms with van der Waals surface area (Å²) < 4.78 is 19.3. The molecule has 4 nitrogen and oxygen atoms in total. The zero-order valence-corrected chi connectivity index (χ0v) is 12.4. The van der Waals surface area contributed by atoms with Crippen LogP contribution in [0.1, 0.15) is 43.9 Å². The van der Waals surface area contributed by atoms with Crippen LogP contribution in [-0.2, 0) is 0 Å². The summed E-state index contributed by atoms with van der Waals surface area (Å²) >= 11 is 0. The van der Waals surface area contributed by atoms with Gasteiger partial charge in [-0.2, -0.15) is 4.98 Å². The lowest BCUT2D eigenvalue weighted by atomic mass is 9.65. The maximum absolute atomic E-state index is 13.8. The van der Waals surface area contributed by atoms with E-state index in [2.05, 4.69) is 10.1 Å². The van der Waals surface area contributed by atoms with Gasteiger partial charge in [0.15, 0.2) is 0 Å². The highest BCUT2D eigenvalue weighted by molar-refractivity contribution is 5.54. The second kappa shape index (κ2) is 5.47. The maximum Gasteiger partial charge on any atom is 0.230 e. The van der Waals surface area contributed by atoms with Crippen molar-refractivity contribution in [3.8, 4) is 11.4 Å². The molecule has 1 aromatic carbocycles. The summed E-state index contributed by atoms with van der Waals surface area (Å²) in [6, 6.07) is 6.84. The third-order valence-corrected chi connectivity index (χ3v) is 5.32. The van der Waals surface area contributed by atoms with Crippen LogP contribution in [0.4, 0.5) is 4.39 Å². The molecule has 2 fully saturated rings. The quantitative estimate of drug-likeness (QED) is 0.922. The van der Waals surface area contributed by atoms with Crippen LogP contribution >= 0.6 is 0 Å². The van der Waals surface area contributed by atoms with Gasteiger partial charge in [-0.3, -0.25) is 0 Å². The molecule has 4 rings (SSSR count). The molecule has 2 aliphatic rings. The number of hydrogen-bond donors (Lipinski definition) is 1. The average Bonchev–Trinajstić information content (AvgIpc) is 2.97. The number of nitrogens with two attached hydrogens (primary N) is 1. The normalized spacial score (nSPS) is 31.2. The van der Waals surface area contributed by atoms with E-state index in [9.17, 15) is 4.39 Å². The smallest absolute Gasteiger partial charge is 0.230 e. The molecule has 2 unspecified atom stereocenters. The third kappa shape index (κ3) is 2.33. The van der Waals surface area contributed by atoms with Gasteiger partial charge >= 0.3 is 0 Å². The first-order valence-corrected chi connectivity index (χ1v) is 8.06. The zero-order chi connectivity index (χ0) is 15.1. The van der Waals surface area contributed by atoms with E-state index in [-0.39, 0.29) is 11.7 Å². The summed E-state index contributed by atoms with van der Waals surface area (Å²) in [4.78, 5) is 4.46. The van der Waals surface area contributed by atoms with E-state index in [0.717, 1.165) is 12.8 Å². The number of nitrogens with zero attached hydrogens (tertiary/aromatic N) is 2. The maximum atomic E-state index is 13.8. The summed E-state index contributed by atoms with van der Waals surface area (Å²) in [5.41, 5.74) is 6.72. The van der Waals surface area contributed by atoms with Crippen LogP contribution in [0, 0.1) is 17.7 Å². The van der Waals surface area contributed by atoms with Crippen molar-refractivity contribution in [2.75, 3.05) is 0 Å². The van der Waals surface area contributed by atoms with Crippen LogP contribution in [0.3, 0.4) is 0 Å². The van der Waals surface area contributed by atoms with Crippen molar-refractivity contribution in [2.24, 2.45) is 17.6 Å². The molecule has 0 spiro atoms. The Balaban J connectivity index is 1.59. The lowest BCUT2D eigenvalue weighted by Gasteiger charge is -2.43. The van der Waals surface area contributed by atoms with E-state index in [1.54, 1.807) is 18.2 Å². The SMILES string of the molecule is NC1C2CCCC1CC(c1nc(-c3ccccc3F)no1)C2. The second-order valence-corrected chi connectivity index (χ2v) is 6.63. The van der Waals surface area contributed by atoms with Crippen LogP contribution in [0.15, 0.2) is 28.8 Å². The van der Waals surface area contributed by atoms with Gasteiger partial charge in [0.25, 0.3) is 0 Å². The minimum atomic E-state index is -0.322. The highest BCUT2D eigenvalue weighted by Gasteiger charge is 2.40. The molecule has 2 aromatic rings. The monoisotopic (exact) mass is 301 g/mol. The van der Waals surface area contributed by atoms with E-state index in [4.69, 9.17) is 10.3 Å². The number of fused-ring (bicyclic) bond motifs is 2. The molecule has 2 atom stereocenters. The molecule has 0 amide bonds. The van der Waals surface area contributed by atoms with Gasteiger partial charge in [-0.25, -0.2) is 4.39 Å². The fourth-order valence-corrected chi connectivity index (χ4v) is 4.14. The van der Waals surface area contributed by atoms with E-state index in [0.29, 0.717) is 35.2 Å². The standard InChI is InChI=1S/C17H20FN3O/c18-14-7-2-1-6-13(14)16-20-17(22-21-16)12-8-10-4-3-5-11(9-12)15(10)19/h1-2,6-7,10-12,15H,3-5,8-9,19H2. The van der Waals surface area contributed by atoms with E-state index in [1.165, 1.54) is 25.3 Å². The van der Waals surface area contributed by atoms with Crippen molar-refractivity contribution in [2.45, 2.75) is 44.1 Å². The molecule has 0 saturated heterocycles. The largest absolute Gasteiger partial charge is 0.339 e. The molecule has 2 saturated carbocycles. The summed E-state index contributed by atoms with van der Waals surface area (Å²) in [5, 5.41) is 3.98. The zero-order valence-electron chi connectivity index (χ0n) is 12.4. The minimum Gasteiger partial charge on any atom is -0.339 e. The van der Waals surface area contributed by atoms with Crippen LogP contribution in [0.5, 0.6) is 0 Å². The molecule has 116 valence electrons. The van der Waals surface area contributed by atoms with E-state index in [1.807, 2.05) is 0 Å². The number of aromatic nitrogens is 2. The van der Waals surface area contributed by atoms with Gasteiger partial charge in [-0.15, -0.1) is 0 Å². The number of hydrogen-bond acceptors (Lipinski definition) is 4. The van der Waals surface area contributed by atoms with Gasteiger partial charge in [-0.05, 0) is 49.7 Å². The Labute approximate surface area is 128 Å². The topological polar surface area (TPSA) is 64.9 Å². The molecular formula is C17H20FN3O. The van der Waals surface area contributed by atoms with Crippen LogP contribution in [-0.4, -0.2) is 16.2 Å². The molecule has 22 heavy (non-hydrogen) atoms. The van der Waals surface area contributed by atoms with Crippen molar-refractivity contribution in [1.29, 1.82) is 0 Å². The van der Waals surface area contributed by atoms with Gasteiger partial charge < -0.3 is 10.3 Å². The number of rotatable bonds is 2. The predicted molar refractivity (Wildman–Crippen MR) is 80.5 cm³/mol. The first-order valence-electron chi connectivity index (χ1n) is 8.06. The Morgan fingerprint density at radius 3 is 2.59 bits per heavy atom. The van der Waals surface area contributed by atoms with E-state index < -0.39 is 0 Å². The van der Waals surface area contributed by atoms with E-state index >= 15 is 0 Å². The molecule has 1 heterocycles. The lowest BCUT2D eigenvalue weighted by molar-refractivity contribution is 0.122. The van der Waals surface area contributed by atoms with Crippen molar-refractivity contribution in [1.82, 2.24) is 10.1 Å². The molecule has 1 aromatic heterocycles. The highest BCUT2D eigenvalue weighted by Crippen LogP contribution is 2.45. The third-order valence-electron chi connectivity index (χ3n) is 5.32. The van der Waals surface area contributed by atoms with Crippen LogP contribution in [0.25, 0.3) is 11.4 Å². The Bertz CT molecular complexity index is 657. The van der Waals surface area contributed by atoms with Crippen molar-refractivity contribution in [3.05, 3.63) is 36.0 Å². The Morgan fingerprint density at radius 1 is 1.14 bits per heavy atom.